The molecule has 1 rings (SSSR count). The molecule has 5 nitrogen and oxygen atoms in total. The fourth-order valence-electron chi connectivity index (χ4n) is 1.03. The normalized spacial score (nSPS) is 9.94. The molecule has 0 spiro atoms. The van der Waals surface area contributed by atoms with E-state index in [4.69, 9.17) is 5.73 Å². The Balaban J connectivity index is 0. The molecular formula is C8H15Cl2N3O2S. The SMILES string of the molecule is CN(c1ncccc1CN)S(C)(=O)=O.Cl.Cl. The van der Waals surface area contributed by atoms with Crippen molar-refractivity contribution >= 4 is 40.7 Å². The van der Waals surface area contributed by atoms with E-state index in [-0.39, 0.29) is 31.4 Å². The Morgan fingerprint density at radius 2 is 2.00 bits per heavy atom. The Morgan fingerprint density at radius 3 is 2.44 bits per heavy atom. The van der Waals surface area contributed by atoms with Crippen LogP contribution in [0, 0.1) is 0 Å². The Morgan fingerprint density at radius 1 is 1.44 bits per heavy atom. The molecule has 2 N–H and O–H groups in total. The van der Waals surface area contributed by atoms with Crippen molar-refractivity contribution < 1.29 is 8.42 Å². The molecule has 0 bridgehead atoms. The average molecular weight is 288 g/mol. The molecule has 0 saturated carbocycles. The van der Waals surface area contributed by atoms with Gasteiger partial charge in [-0.1, -0.05) is 6.07 Å². The van der Waals surface area contributed by atoms with Gasteiger partial charge in [0.05, 0.1) is 6.26 Å². The molecule has 0 amide bonds. The number of nitrogens with zero attached hydrogens (tertiary/aromatic N) is 2. The highest BCUT2D eigenvalue weighted by molar-refractivity contribution is 7.92. The van der Waals surface area contributed by atoms with Crippen LogP contribution in [0.4, 0.5) is 5.82 Å². The maximum absolute atomic E-state index is 11.2. The zero-order valence-electron chi connectivity index (χ0n) is 8.95. The molecule has 1 aromatic heterocycles. The Hall–Kier alpha value is -0.560. The number of hydrogen-bond acceptors (Lipinski definition) is 4. The van der Waals surface area contributed by atoms with E-state index in [1.54, 1.807) is 12.1 Å². The molecule has 94 valence electrons. The van der Waals surface area contributed by atoms with E-state index in [9.17, 15) is 8.42 Å². The third-order valence-corrected chi connectivity index (χ3v) is 3.05. The average Bonchev–Trinajstić information content (AvgIpc) is 2.15. The summed E-state index contributed by atoms with van der Waals surface area (Å²) in [6, 6.07) is 3.48. The van der Waals surface area contributed by atoms with E-state index >= 15 is 0 Å². The number of anilines is 1. The van der Waals surface area contributed by atoms with Gasteiger partial charge in [-0.15, -0.1) is 24.8 Å². The second kappa shape index (κ2) is 6.90. The largest absolute Gasteiger partial charge is 0.326 e. The Kier molecular flexibility index (Phi) is 7.69. The molecule has 1 aromatic rings. The van der Waals surface area contributed by atoms with Crippen LogP contribution >= 0.6 is 24.8 Å². The van der Waals surface area contributed by atoms with Gasteiger partial charge in [0.1, 0.15) is 5.82 Å². The van der Waals surface area contributed by atoms with E-state index in [0.29, 0.717) is 11.4 Å². The Labute approximate surface area is 108 Å². The summed E-state index contributed by atoms with van der Waals surface area (Å²) < 4.78 is 23.6. The monoisotopic (exact) mass is 287 g/mol. The van der Waals surface area contributed by atoms with Crippen LogP contribution in [0.1, 0.15) is 5.56 Å². The number of nitrogens with two attached hydrogens (primary N) is 1. The molecule has 0 radical (unpaired) electrons. The standard InChI is InChI=1S/C8H13N3O2S.2ClH/c1-11(14(2,12)13)8-7(6-9)4-3-5-10-8;;/h3-5H,6,9H2,1-2H3;2*1H. The molecule has 0 atom stereocenters. The lowest BCUT2D eigenvalue weighted by molar-refractivity contribution is 0.599. The van der Waals surface area contributed by atoms with Crippen molar-refractivity contribution in [1.29, 1.82) is 0 Å². The Bertz CT molecular complexity index is 425. The van der Waals surface area contributed by atoms with Gasteiger partial charge in [0.25, 0.3) is 0 Å². The second-order valence-corrected chi connectivity index (χ2v) is 4.93. The van der Waals surface area contributed by atoms with Gasteiger partial charge in [0.2, 0.25) is 10.0 Å². The lowest BCUT2D eigenvalue weighted by Crippen LogP contribution is -2.27. The summed E-state index contributed by atoms with van der Waals surface area (Å²) in [5.74, 6) is 0.387. The maximum atomic E-state index is 11.2. The van der Waals surface area contributed by atoms with Gasteiger partial charge in [-0.2, -0.15) is 0 Å². The zero-order chi connectivity index (χ0) is 10.8. The van der Waals surface area contributed by atoms with Crippen molar-refractivity contribution in [2.24, 2.45) is 5.73 Å². The summed E-state index contributed by atoms with van der Waals surface area (Å²) in [7, 11) is -1.82. The highest BCUT2D eigenvalue weighted by Crippen LogP contribution is 2.16. The first-order chi connectivity index (χ1) is 6.46. The molecule has 1 heterocycles. The summed E-state index contributed by atoms with van der Waals surface area (Å²) in [5, 5.41) is 0. The first-order valence-electron chi connectivity index (χ1n) is 4.04. The quantitative estimate of drug-likeness (QED) is 0.891. The molecule has 8 heteroatoms. The predicted octanol–water partition coefficient (Wildman–Crippen LogP) is 0.780. The maximum Gasteiger partial charge on any atom is 0.233 e. The number of sulfonamides is 1. The number of halogens is 2. The lowest BCUT2D eigenvalue weighted by atomic mass is 10.2. The van der Waals surface area contributed by atoms with Gasteiger partial charge < -0.3 is 5.73 Å². The summed E-state index contributed by atoms with van der Waals surface area (Å²) in [6.45, 7) is 0.267. The van der Waals surface area contributed by atoms with Crippen LogP contribution in [0.5, 0.6) is 0 Å². The van der Waals surface area contributed by atoms with E-state index in [1.165, 1.54) is 13.2 Å². The van der Waals surface area contributed by atoms with Gasteiger partial charge in [-0.05, 0) is 6.07 Å². The van der Waals surface area contributed by atoms with Gasteiger partial charge in [0, 0.05) is 25.4 Å². The first-order valence-corrected chi connectivity index (χ1v) is 5.89. The summed E-state index contributed by atoms with van der Waals surface area (Å²) in [6.07, 6.45) is 2.66. The molecule has 0 saturated heterocycles. The van der Waals surface area contributed by atoms with Gasteiger partial charge in [0.15, 0.2) is 0 Å². The van der Waals surface area contributed by atoms with Crippen LogP contribution in [0.15, 0.2) is 18.3 Å². The van der Waals surface area contributed by atoms with Crippen molar-refractivity contribution in [2.45, 2.75) is 6.54 Å². The van der Waals surface area contributed by atoms with E-state index in [0.717, 1.165) is 10.6 Å². The molecule has 0 aliphatic carbocycles. The highest BCUT2D eigenvalue weighted by atomic mass is 35.5. The lowest BCUT2D eigenvalue weighted by Gasteiger charge is -2.17. The predicted molar refractivity (Wildman–Crippen MR) is 69.9 cm³/mol. The molecule has 0 aliphatic rings. The second-order valence-electron chi connectivity index (χ2n) is 2.92. The zero-order valence-corrected chi connectivity index (χ0v) is 11.4. The molecular weight excluding hydrogens is 273 g/mol. The minimum absolute atomic E-state index is 0. The molecule has 0 aromatic carbocycles. The molecule has 0 unspecified atom stereocenters. The molecule has 16 heavy (non-hydrogen) atoms. The van der Waals surface area contributed by atoms with Crippen LogP contribution in [0.2, 0.25) is 0 Å². The first kappa shape index (κ1) is 17.8. The minimum atomic E-state index is -3.27. The molecule has 0 aliphatic heterocycles. The summed E-state index contributed by atoms with van der Waals surface area (Å²) in [4.78, 5) is 3.98. The smallest absolute Gasteiger partial charge is 0.233 e. The van der Waals surface area contributed by atoms with Crippen molar-refractivity contribution in [3.63, 3.8) is 0 Å². The van der Waals surface area contributed by atoms with E-state index < -0.39 is 10.0 Å². The number of aromatic nitrogens is 1. The summed E-state index contributed by atoms with van der Waals surface area (Å²) in [5.41, 5.74) is 6.18. The topological polar surface area (TPSA) is 76.3 Å². The van der Waals surface area contributed by atoms with Gasteiger partial charge >= 0.3 is 0 Å². The fraction of sp³-hybridized carbons (Fsp3) is 0.375. The van der Waals surface area contributed by atoms with Crippen molar-refractivity contribution in [1.82, 2.24) is 4.98 Å². The fourth-order valence-corrected chi connectivity index (χ4v) is 1.51. The number of rotatable bonds is 3. The highest BCUT2D eigenvalue weighted by Gasteiger charge is 2.15. The number of pyridine rings is 1. The van der Waals surface area contributed by atoms with Crippen molar-refractivity contribution in [3.8, 4) is 0 Å². The summed E-state index contributed by atoms with van der Waals surface area (Å²) >= 11 is 0. The minimum Gasteiger partial charge on any atom is -0.326 e. The van der Waals surface area contributed by atoms with Crippen LogP contribution in [0.3, 0.4) is 0 Å². The van der Waals surface area contributed by atoms with Gasteiger partial charge in [-0.3, -0.25) is 4.31 Å². The van der Waals surface area contributed by atoms with Crippen LogP contribution in [-0.2, 0) is 16.6 Å². The third-order valence-electron chi connectivity index (χ3n) is 1.88. The van der Waals surface area contributed by atoms with Crippen LogP contribution in [0.25, 0.3) is 0 Å². The van der Waals surface area contributed by atoms with E-state index in [2.05, 4.69) is 4.98 Å². The van der Waals surface area contributed by atoms with Gasteiger partial charge in [-0.25, -0.2) is 13.4 Å². The van der Waals surface area contributed by atoms with Crippen molar-refractivity contribution in [2.75, 3.05) is 17.6 Å². The van der Waals surface area contributed by atoms with Crippen molar-refractivity contribution in [3.05, 3.63) is 23.9 Å². The van der Waals surface area contributed by atoms with Crippen LogP contribution in [-0.4, -0.2) is 26.7 Å². The van der Waals surface area contributed by atoms with E-state index in [1.807, 2.05) is 0 Å². The third kappa shape index (κ3) is 4.13. The van der Waals surface area contributed by atoms with Crippen LogP contribution < -0.4 is 10.0 Å². The number of hydrogen-bond donors (Lipinski definition) is 1. The molecule has 0 fully saturated rings.